The van der Waals surface area contributed by atoms with Gasteiger partial charge >= 0.3 is 0 Å². The molecule has 0 bridgehead atoms. The molecule has 1 aromatic carbocycles. The van der Waals surface area contributed by atoms with Gasteiger partial charge in [-0.2, -0.15) is 0 Å². The number of ketones is 4. The number of likely N-dealkylation sites (tertiary alicyclic amines) is 1. The van der Waals surface area contributed by atoms with Crippen molar-refractivity contribution in [2.75, 3.05) is 27.2 Å². The predicted octanol–water partition coefficient (Wildman–Crippen LogP) is 0.0238. The summed E-state index contributed by atoms with van der Waals surface area (Å²) in [5.41, 5.74) is 4.23. The first kappa shape index (κ1) is 25.7. The van der Waals surface area contributed by atoms with Gasteiger partial charge in [0.1, 0.15) is 5.75 Å². The van der Waals surface area contributed by atoms with Crippen LogP contribution in [0.4, 0.5) is 0 Å². The molecule has 1 aliphatic heterocycles. The zero-order valence-electron chi connectivity index (χ0n) is 21.3. The fourth-order valence-electron chi connectivity index (χ4n) is 7.43. The zero-order chi connectivity index (χ0) is 27.0. The van der Waals surface area contributed by atoms with Gasteiger partial charge in [0, 0.05) is 12.0 Å². The van der Waals surface area contributed by atoms with Crippen LogP contribution in [0, 0.1) is 23.7 Å². The van der Waals surface area contributed by atoms with E-state index in [0.717, 1.165) is 31.5 Å². The summed E-state index contributed by atoms with van der Waals surface area (Å²) in [4.78, 5) is 69.7. The molecule has 1 heterocycles. The highest BCUT2D eigenvalue weighted by molar-refractivity contribution is 6.32. The maximum absolute atomic E-state index is 13.8. The third-order valence-corrected chi connectivity index (χ3v) is 9.05. The molecule has 0 aromatic heterocycles. The second-order valence-corrected chi connectivity index (χ2v) is 11.2. The van der Waals surface area contributed by atoms with E-state index in [4.69, 9.17) is 5.73 Å². The summed E-state index contributed by atoms with van der Waals surface area (Å²) in [6.07, 6.45) is 2.32. The number of benzene rings is 1. The highest BCUT2D eigenvalue weighted by Gasteiger charge is 2.69. The Balaban J connectivity index is 1.58. The zero-order valence-corrected chi connectivity index (χ0v) is 21.3. The number of Topliss-reactive ketones (excluding diaryl/α,β-unsaturated/α-hetero) is 4. The number of primary amides is 1. The lowest BCUT2D eigenvalue weighted by Crippen LogP contribution is -2.74. The number of phenolic OH excluding ortho intramolecular Hbond substituents is 1. The smallest absolute Gasteiger partial charge is 0.235 e. The van der Waals surface area contributed by atoms with Crippen molar-refractivity contribution in [3.05, 3.63) is 28.8 Å². The van der Waals surface area contributed by atoms with Gasteiger partial charge in [-0.1, -0.05) is 13.0 Å². The molecule has 4 N–H and O–H groups in total. The number of nitrogens with two attached hydrogens (primary N) is 1. The molecule has 3 fully saturated rings. The van der Waals surface area contributed by atoms with Crippen LogP contribution >= 0.6 is 0 Å². The van der Waals surface area contributed by atoms with Gasteiger partial charge in [0.05, 0.1) is 17.5 Å². The van der Waals surface area contributed by atoms with Crippen LogP contribution in [0.15, 0.2) is 12.1 Å². The van der Waals surface area contributed by atoms with E-state index in [2.05, 4.69) is 11.8 Å². The number of aliphatic hydroxyl groups is 1. The Kier molecular flexibility index (Phi) is 6.12. The van der Waals surface area contributed by atoms with Gasteiger partial charge in [0.2, 0.25) is 5.91 Å². The van der Waals surface area contributed by atoms with Crippen LogP contribution in [0.25, 0.3) is 0 Å². The lowest BCUT2D eigenvalue weighted by atomic mass is 9.52. The topological polar surface area (TPSA) is 158 Å². The van der Waals surface area contributed by atoms with Crippen molar-refractivity contribution in [2.24, 2.45) is 29.4 Å². The summed E-state index contributed by atoms with van der Waals surface area (Å²) >= 11 is 0. The normalized spacial score (nSPS) is 35.9. The van der Waals surface area contributed by atoms with Crippen molar-refractivity contribution < 1.29 is 34.2 Å². The number of carbonyl (C=O) groups excluding carboxylic acids is 5. The second kappa shape index (κ2) is 8.82. The average molecular weight is 512 g/mol. The molecule has 5 rings (SSSR count). The predicted molar refractivity (Wildman–Crippen MR) is 131 cm³/mol. The molecule has 10 nitrogen and oxygen atoms in total. The number of phenols is 1. The molecule has 0 radical (unpaired) electrons. The summed E-state index contributed by atoms with van der Waals surface area (Å²) in [7, 11) is 3.14. The fourth-order valence-corrected chi connectivity index (χ4v) is 7.43. The highest BCUT2D eigenvalue weighted by Crippen LogP contribution is 2.51. The number of carbonyl (C=O) groups is 5. The summed E-state index contributed by atoms with van der Waals surface area (Å²) in [5, 5.41) is 22.5. The Morgan fingerprint density at radius 2 is 1.89 bits per heavy atom. The number of likely N-dealkylation sites (N-methyl/N-ethyl adjacent to an activating group) is 1. The Morgan fingerprint density at radius 1 is 1.19 bits per heavy atom. The van der Waals surface area contributed by atoms with E-state index in [1.807, 2.05) is 6.07 Å². The number of rotatable bonds is 4. The fraction of sp³-hybridized carbons (Fsp3) is 0.593. The van der Waals surface area contributed by atoms with Crippen molar-refractivity contribution in [3.8, 4) is 5.75 Å². The van der Waals surface area contributed by atoms with Gasteiger partial charge < -0.3 is 15.9 Å². The van der Waals surface area contributed by atoms with Crippen molar-refractivity contribution >= 4 is 29.0 Å². The number of hydrogen-bond donors (Lipinski definition) is 3. The van der Waals surface area contributed by atoms with E-state index >= 15 is 0 Å². The van der Waals surface area contributed by atoms with E-state index in [1.165, 1.54) is 4.90 Å². The molecule has 2 saturated carbocycles. The standard InChI is InChI=1S/C27H33N3O7/c1-4-30-7-5-6-16(30)12-8-13-9-14-10-15-21(29(2)3)23(33)20(26(28)36)25(35)27(15,37)24(34)19(14)22(32)18(13)17(31)11-12/h8,11,14-16,19-21,31,37H,4-7,9-10H2,1-3H3,(H2,28,36). The minimum absolute atomic E-state index is 0.0383. The Morgan fingerprint density at radius 3 is 2.51 bits per heavy atom. The molecular formula is C27H33N3O7. The minimum Gasteiger partial charge on any atom is -0.507 e. The summed E-state index contributed by atoms with van der Waals surface area (Å²) in [5.74, 6) is -10.1. The van der Waals surface area contributed by atoms with Gasteiger partial charge in [-0.05, 0) is 76.0 Å². The largest absolute Gasteiger partial charge is 0.507 e. The number of nitrogens with zero attached hydrogens (tertiary/aromatic N) is 2. The van der Waals surface area contributed by atoms with Crippen LogP contribution < -0.4 is 5.73 Å². The average Bonchev–Trinajstić information content (AvgIpc) is 3.29. The Hall–Kier alpha value is -2.95. The maximum atomic E-state index is 13.8. The van der Waals surface area contributed by atoms with Crippen LogP contribution in [0.2, 0.25) is 0 Å². The lowest BCUT2D eigenvalue weighted by Gasteiger charge is -2.52. The Bertz CT molecular complexity index is 1230. The maximum Gasteiger partial charge on any atom is 0.235 e. The molecule has 3 aliphatic carbocycles. The molecule has 1 saturated heterocycles. The highest BCUT2D eigenvalue weighted by atomic mass is 16.3. The van der Waals surface area contributed by atoms with E-state index in [0.29, 0.717) is 5.56 Å². The monoisotopic (exact) mass is 511 g/mol. The van der Waals surface area contributed by atoms with Crippen LogP contribution in [0.1, 0.15) is 53.7 Å². The van der Waals surface area contributed by atoms with E-state index in [1.54, 1.807) is 20.2 Å². The molecule has 10 heteroatoms. The molecule has 1 amide bonds. The molecule has 7 atom stereocenters. The molecule has 198 valence electrons. The third-order valence-electron chi connectivity index (χ3n) is 9.05. The number of aromatic hydroxyl groups is 1. The van der Waals surface area contributed by atoms with Crippen molar-refractivity contribution in [3.63, 3.8) is 0 Å². The van der Waals surface area contributed by atoms with Crippen molar-refractivity contribution in [1.29, 1.82) is 0 Å². The molecule has 37 heavy (non-hydrogen) atoms. The van der Waals surface area contributed by atoms with Gasteiger partial charge in [-0.3, -0.25) is 33.8 Å². The molecule has 1 aromatic rings. The van der Waals surface area contributed by atoms with E-state index in [9.17, 15) is 34.2 Å². The first-order valence-electron chi connectivity index (χ1n) is 12.9. The summed E-state index contributed by atoms with van der Waals surface area (Å²) in [6, 6.07) is 2.54. The number of hydrogen-bond acceptors (Lipinski definition) is 9. The molecule has 0 spiro atoms. The quantitative estimate of drug-likeness (QED) is 0.474. The second-order valence-electron chi connectivity index (χ2n) is 11.2. The van der Waals surface area contributed by atoms with Crippen LogP contribution in [-0.4, -0.2) is 87.9 Å². The van der Waals surface area contributed by atoms with E-state index in [-0.39, 0.29) is 30.2 Å². The first-order chi connectivity index (χ1) is 17.4. The van der Waals surface area contributed by atoms with Crippen LogP contribution in [0.3, 0.4) is 0 Å². The summed E-state index contributed by atoms with van der Waals surface area (Å²) < 4.78 is 0. The summed E-state index contributed by atoms with van der Waals surface area (Å²) in [6.45, 7) is 3.90. The molecule has 4 aliphatic rings. The first-order valence-corrected chi connectivity index (χ1v) is 12.9. The van der Waals surface area contributed by atoms with E-state index < -0.39 is 64.4 Å². The van der Waals surface area contributed by atoms with Crippen molar-refractivity contribution in [2.45, 2.75) is 50.3 Å². The minimum atomic E-state index is -2.70. The third kappa shape index (κ3) is 3.53. The van der Waals surface area contributed by atoms with Gasteiger partial charge in [-0.25, -0.2) is 0 Å². The van der Waals surface area contributed by atoms with Gasteiger partial charge in [-0.15, -0.1) is 0 Å². The van der Waals surface area contributed by atoms with Crippen LogP contribution in [-0.2, 0) is 25.6 Å². The van der Waals surface area contributed by atoms with Crippen LogP contribution in [0.5, 0.6) is 5.75 Å². The van der Waals surface area contributed by atoms with Crippen molar-refractivity contribution in [1.82, 2.24) is 9.80 Å². The Labute approximate surface area is 214 Å². The number of fused-ring (bicyclic) bond motifs is 3. The molecular weight excluding hydrogens is 478 g/mol. The van der Waals surface area contributed by atoms with Gasteiger partial charge in [0.25, 0.3) is 0 Å². The lowest BCUT2D eigenvalue weighted by molar-refractivity contribution is -0.181. The van der Waals surface area contributed by atoms with Gasteiger partial charge in [0.15, 0.2) is 34.7 Å². The molecule has 7 unspecified atom stereocenters. The number of amides is 1. The SMILES string of the molecule is CCN1CCCC1c1cc(O)c2c(c1)CC1CC3C(N(C)C)C(=O)C(C(N)=O)C(=O)C3(O)C(=O)C1C2=O.